The van der Waals surface area contributed by atoms with Gasteiger partial charge < -0.3 is 14.7 Å². The van der Waals surface area contributed by atoms with Crippen molar-refractivity contribution in [1.82, 2.24) is 24.4 Å². The number of hydrogen-bond donors (Lipinski definition) is 0. The molecular formula is C17H24N6O2S. The lowest BCUT2D eigenvalue weighted by Crippen LogP contribution is -2.47. The van der Waals surface area contributed by atoms with Crippen LogP contribution < -0.4 is 10.5 Å². The average Bonchev–Trinajstić information content (AvgIpc) is 3.05. The van der Waals surface area contributed by atoms with Crippen LogP contribution in [0, 0.1) is 5.92 Å². The minimum atomic E-state index is -0.385. The number of hydrogen-bond acceptors (Lipinski definition) is 7. The van der Waals surface area contributed by atoms with Crippen molar-refractivity contribution in [3.63, 3.8) is 0 Å². The van der Waals surface area contributed by atoms with Crippen molar-refractivity contribution in [3.05, 3.63) is 22.1 Å². The van der Waals surface area contributed by atoms with E-state index in [1.54, 1.807) is 9.42 Å². The lowest BCUT2D eigenvalue weighted by Gasteiger charge is -2.32. The van der Waals surface area contributed by atoms with Gasteiger partial charge in [0, 0.05) is 45.3 Å². The van der Waals surface area contributed by atoms with Crippen LogP contribution in [0.25, 0.3) is 4.96 Å². The van der Waals surface area contributed by atoms with Gasteiger partial charge in [0.05, 0.1) is 0 Å². The van der Waals surface area contributed by atoms with Gasteiger partial charge in [-0.05, 0) is 25.8 Å². The molecule has 4 rings (SSSR count). The molecule has 9 heteroatoms. The van der Waals surface area contributed by atoms with Gasteiger partial charge in [0.2, 0.25) is 10.1 Å². The second kappa shape index (κ2) is 6.96. The second-order valence-electron chi connectivity index (χ2n) is 7.35. The summed E-state index contributed by atoms with van der Waals surface area (Å²) in [7, 11) is 2.04. The molecule has 8 nitrogen and oxygen atoms in total. The Morgan fingerprint density at radius 2 is 2.00 bits per heavy atom. The van der Waals surface area contributed by atoms with E-state index in [9.17, 15) is 9.59 Å². The van der Waals surface area contributed by atoms with E-state index in [-0.39, 0.29) is 11.5 Å². The maximum absolute atomic E-state index is 13.0. The van der Waals surface area contributed by atoms with Crippen LogP contribution in [0.1, 0.15) is 30.3 Å². The van der Waals surface area contributed by atoms with Crippen molar-refractivity contribution in [1.29, 1.82) is 0 Å². The van der Waals surface area contributed by atoms with Crippen molar-refractivity contribution < 1.29 is 4.79 Å². The Morgan fingerprint density at radius 3 is 2.73 bits per heavy atom. The Balaban J connectivity index is 1.68. The Hall–Kier alpha value is -2.00. The summed E-state index contributed by atoms with van der Waals surface area (Å²) in [6.45, 7) is 7.14. The first kappa shape index (κ1) is 17.4. The van der Waals surface area contributed by atoms with Gasteiger partial charge in [-0.15, -0.1) is 5.10 Å². The third kappa shape index (κ3) is 3.33. The monoisotopic (exact) mass is 376 g/mol. The number of carbonyl (C=O) groups excluding carboxylic acids is 1. The van der Waals surface area contributed by atoms with Gasteiger partial charge in [0.25, 0.3) is 11.5 Å². The average molecular weight is 376 g/mol. The zero-order chi connectivity index (χ0) is 18.3. The number of aromatic nitrogens is 3. The molecule has 2 fully saturated rings. The maximum Gasteiger partial charge on any atom is 0.274 e. The first-order valence-corrected chi connectivity index (χ1v) is 9.96. The fourth-order valence-electron chi connectivity index (χ4n) is 3.62. The van der Waals surface area contributed by atoms with E-state index < -0.39 is 0 Å². The molecule has 0 aromatic carbocycles. The fraction of sp³-hybridized carbons (Fsp3) is 0.647. The molecule has 1 atom stereocenters. The number of fused-ring (bicyclic) bond motifs is 1. The number of anilines is 1. The van der Waals surface area contributed by atoms with Crippen molar-refractivity contribution in [2.75, 3.05) is 51.2 Å². The highest BCUT2D eigenvalue weighted by atomic mass is 32.1. The van der Waals surface area contributed by atoms with Gasteiger partial charge >= 0.3 is 0 Å². The molecule has 140 valence electrons. The standard InChI is InChI=1S/C17H24N6O2S/c1-12-4-3-5-22(11-12)17-19-23-13(10-14(24)18-16(23)26-17)15(25)21-8-6-20(2)7-9-21/h10,12H,3-9,11H2,1-2H3/t12-/m0/s1. The molecular weight excluding hydrogens is 352 g/mol. The smallest absolute Gasteiger partial charge is 0.274 e. The Bertz CT molecular complexity index is 870. The summed E-state index contributed by atoms with van der Waals surface area (Å²) >= 11 is 1.39. The summed E-state index contributed by atoms with van der Waals surface area (Å²) < 4.78 is 1.56. The number of piperazine rings is 1. The van der Waals surface area contributed by atoms with E-state index in [0.29, 0.717) is 29.7 Å². The van der Waals surface area contributed by atoms with Gasteiger partial charge in [0.15, 0.2) is 0 Å². The van der Waals surface area contributed by atoms with Crippen molar-refractivity contribution >= 4 is 27.3 Å². The highest BCUT2D eigenvalue weighted by molar-refractivity contribution is 7.20. The second-order valence-corrected chi connectivity index (χ2v) is 8.28. The Labute approximate surface area is 156 Å². The number of piperidine rings is 1. The number of rotatable bonds is 2. The van der Waals surface area contributed by atoms with E-state index >= 15 is 0 Å². The first-order chi connectivity index (χ1) is 12.5. The van der Waals surface area contributed by atoms with Gasteiger partial charge in [0.1, 0.15) is 5.69 Å². The molecule has 26 heavy (non-hydrogen) atoms. The van der Waals surface area contributed by atoms with E-state index in [2.05, 4.69) is 26.8 Å². The summed E-state index contributed by atoms with van der Waals surface area (Å²) in [5, 5.41) is 5.48. The first-order valence-electron chi connectivity index (χ1n) is 9.15. The number of nitrogens with zero attached hydrogens (tertiary/aromatic N) is 6. The molecule has 0 spiro atoms. The molecule has 4 heterocycles. The van der Waals surface area contributed by atoms with E-state index in [1.165, 1.54) is 23.8 Å². The molecule has 2 aromatic heterocycles. The molecule has 0 saturated carbocycles. The predicted molar refractivity (Wildman–Crippen MR) is 101 cm³/mol. The van der Waals surface area contributed by atoms with Gasteiger partial charge in [-0.1, -0.05) is 18.3 Å². The van der Waals surface area contributed by atoms with Gasteiger partial charge in [-0.3, -0.25) is 9.59 Å². The van der Waals surface area contributed by atoms with Crippen molar-refractivity contribution in [2.45, 2.75) is 19.8 Å². The highest BCUT2D eigenvalue weighted by Gasteiger charge is 2.26. The maximum atomic E-state index is 13.0. The molecule has 1 amide bonds. The van der Waals surface area contributed by atoms with Crippen molar-refractivity contribution in [2.24, 2.45) is 5.92 Å². The third-order valence-electron chi connectivity index (χ3n) is 5.18. The van der Waals surface area contributed by atoms with Crippen molar-refractivity contribution in [3.8, 4) is 0 Å². The van der Waals surface area contributed by atoms with E-state index in [4.69, 9.17) is 0 Å². The van der Waals surface area contributed by atoms with Crippen LogP contribution >= 0.6 is 11.3 Å². The number of likely N-dealkylation sites (N-methyl/N-ethyl adjacent to an activating group) is 1. The third-order valence-corrected chi connectivity index (χ3v) is 6.15. The molecule has 0 radical (unpaired) electrons. The van der Waals surface area contributed by atoms with Crippen LogP contribution in [0.2, 0.25) is 0 Å². The minimum absolute atomic E-state index is 0.142. The zero-order valence-electron chi connectivity index (χ0n) is 15.2. The molecule has 0 N–H and O–H groups in total. The molecule has 2 aliphatic heterocycles. The molecule has 0 unspecified atom stereocenters. The van der Waals surface area contributed by atoms with Crippen LogP contribution in [0.3, 0.4) is 0 Å². The summed E-state index contributed by atoms with van der Waals surface area (Å²) in [5.41, 5.74) is -0.0678. The van der Waals surface area contributed by atoms with E-state index in [1.807, 2.05) is 7.05 Å². The summed E-state index contributed by atoms with van der Waals surface area (Å²) in [6, 6.07) is 1.32. The molecule has 2 aromatic rings. The van der Waals surface area contributed by atoms with Crippen LogP contribution in [0.4, 0.5) is 5.13 Å². The fourth-order valence-corrected chi connectivity index (χ4v) is 4.56. The lowest BCUT2D eigenvalue weighted by molar-refractivity contribution is 0.0655. The summed E-state index contributed by atoms with van der Waals surface area (Å²) in [5.74, 6) is 0.478. The van der Waals surface area contributed by atoms with Crippen LogP contribution in [-0.2, 0) is 0 Å². The SMILES string of the molecule is C[C@H]1CCCN(c2nn3c(C(=O)N4CCN(C)CC4)cc(=O)nc3s2)C1. The molecule has 0 bridgehead atoms. The number of amides is 1. The Morgan fingerprint density at radius 1 is 1.23 bits per heavy atom. The predicted octanol–water partition coefficient (Wildman–Crippen LogP) is 0.775. The Kier molecular flexibility index (Phi) is 4.66. The van der Waals surface area contributed by atoms with Crippen LogP contribution in [0.15, 0.2) is 10.9 Å². The largest absolute Gasteiger partial charge is 0.346 e. The molecule has 2 aliphatic rings. The molecule has 0 aliphatic carbocycles. The quantitative estimate of drug-likeness (QED) is 0.771. The zero-order valence-corrected chi connectivity index (χ0v) is 16.0. The van der Waals surface area contributed by atoms with Crippen LogP contribution in [-0.4, -0.2) is 76.6 Å². The van der Waals surface area contributed by atoms with Gasteiger partial charge in [-0.2, -0.15) is 9.50 Å². The normalized spacial score (nSPS) is 22.2. The molecule has 2 saturated heterocycles. The minimum Gasteiger partial charge on any atom is -0.346 e. The number of carbonyl (C=O) groups is 1. The van der Waals surface area contributed by atoms with E-state index in [0.717, 1.165) is 37.7 Å². The summed E-state index contributed by atoms with van der Waals surface area (Å²) in [4.78, 5) is 35.8. The van der Waals surface area contributed by atoms with Crippen LogP contribution in [0.5, 0.6) is 0 Å². The highest BCUT2D eigenvalue weighted by Crippen LogP contribution is 2.27. The lowest BCUT2D eigenvalue weighted by atomic mass is 10.0. The van der Waals surface area contributed by atoms with Gasteiger partial charge in [-0.25, -0.2) is 0 Å². The summed E-state index contributed by atoms with van der Waals surface area (Å²) in [6.07, 6.45) is 2.36. The topological polar surface area (TPSA) is 74.1 Å².